The molecule has 1 saturated heterocycles. The van der Waals surface area contributed by atoms with Gasteiger partial charge in [0.2, 0.25) is 0 Å². The molecule has 6 heteroatoms. The smallest absolute Gasteiger partial charge is 0.134 e. The van der Waals surface area contributed by atoms with Crippen LogP contribution in [0.3, 0.4) is 0 Å². The van der Waals surface area contributed by atoms with Crippen LogP contribution in [0.1, 0.15) is 32.6 Å². The monoisotopic (exact) mass is 367 g/mol. The summed E-state index contributed by atoms with van der Waals surface area (Å²) in [4.78, 5) is 4.17. The molecule has 3 aromatic rings. The van der Waals surface area contributed by atoms with Gasteiger partial charge >= 0.3 is 0 Å². The first-order valence-corrected chi connectivity index (χ1v) is 9.67. The maximum atomic E-state index is 6.10. The molecule has 2 aromatic heterocycles. The van der Waals surface area contributed by atoms with Crippen molar-refractivity contribution in [3.63, 3.8) is 0 Å². The summed E-state index contributed by atoms with van der Waals surface area (Å²) in [6.45, 7) is 9.58. The minimum atomic E-state index is 0.151. The van der Waals surface area contributed by atoms with E-state index in [1.807, 2.05) is 36.9 Å². The molecular weight excluding hydrogens is 338 g/mol. The van der Waals surface area contributed by atoms with Crippen LogP contribution < -0.4 is 16.2 Å². The fourth-order valence-electron chi connectivity index (χ4n) is 3.73. The highest BCUT2D eigenvalue weighted by Crippen LogP contribution is 2.30. The van der Waals surface area contributed by atoms with E-state index < -0.39 is 0 Å². The lowest BCUT2D eigenvalue weighted by Crippen LogP contribution is -2.46. The standard InChI is InChI=1S/C21H29N5O/c1-21(2,3)19(13-26-9-8-22-14-26)23-11-16-12-24-25-20(16)18-10-15-6-4-5-7-17(15)27-18/h4-10,14,16,19-20,23-25H,11-13H2,1-3H3. The molecule has 0 aliphatic carbocycles. The van der Waals surface area contributed by atoms with Crippen LogP contribution in [0.4, 0.5) is 0 Å². The normalized spacial score (nSPS) is 21.7. The van der Waals surface area contributed by atoms with Crippen molar-refractivity contribution >= 4 is 11.0 Å². The van der Waals surface area contributed by atoms with Crippen LogP contribution in [0.25, 0.3) is 11.0 Å². The van der Waals surface area contributed by atoms with E-state index in [0.29, 0.717) is 12.0 Å². The Morgan fingerprint density at radius 2 is 2.19 bits per heavy atom. The van der Waals surface area contributed by atoms with Crippen molar-refractivity contribution in [2.24, 2.45) is 11.3 Å². The van der Waals surface area contributed by atoms with Gasteiger partial charge in [0.1, 0.15) is 11.3 Å². The topological polar surface area (TPSA) is 67.1 Å². The largest absolute Gasteiger partial charge is 0.459 e. The van der Waals surface area contributed by atoms with Gasteiger partial charge in [-0.2, -0.15) is 0 Å². The van der Waals surface area contributed by atoms with Gasteiger partial charge in [0.05, 0.1) is 12.4 Å². The van der Waals surface area contributed by atoms with Crippen LogP contribution in [-0.2, 0) is 6.54 Å². The van der Waals surface area contributed by atoms with E-state index in [0.717, 1.165) is 36.4 Å². The molecule has 0 saturated carbocycles. The minimum absolute atomic E-state index is 0.151. The Balaban J connectivity index is 1.45. The van der Waals surface area contributed by atoms with Crippen LogP contribution in [0.5, 0.6) is 0 Å². The zero-order chi connectivity index (χ0) is 18.9. The molecule has 0 spiro atoms. The highest BCUT2D eigenvalue weighted by molar-refractivity contribution is 5.77. The molecule has 6 nitrogen and oxygen atoms in total. The van der Waals surface area contributed by atoms with Gasteiger partial charge in [-0.3, -0.25) is 5.43 Å². The highest BCUT2D eigenvalue weighted by atomic mass is 16.3. The summed E-state index contributed by atoms with van der Waals surface area (Å²) >= 11 is 0. The van der Waals surface area contributed by atoms with Gasteiger partial charge < -0.3 is 14.3 Å². The fourth-order valence-corrected chi connectivity index (χ4v) is 3.73. The Morgan fingerprint density at radius 3 is 2.93 bits per heavy atom. The predicted molar refractivity (Wildman–Crippen MR) is 107 cm³/mol. The second-order valence-electron chi connectivity index (χ2n) is 8.54. The number of aromatic nitrogens is 2. The second-order valence-corrected chi connectivity index (χ2v) is 8.54. The van der Waals surface area contributed by atoms with Crippen LogP contribution in [-0.4, -0.2) is 28.7 Å². The van der Waals surface area contributed by atoms with Crippen molar-refractivity contribution in [1.29, 1.82) is 0 Å². The average Bonchev–Trinajstić information content (AvgIpc) is 3.36. The Hall–Kier alpha value is -2.15. The predicted octanol–water partition coefficient (Wildman–Crippen LogP) is 3.10. The molecule has 0 bridgehead atoms. The van der Waals surface area contributed by atoms with Gasteiger partial charge in [0.15, 0.2) is 0 Å². The van der Waals surface area contributed by atoms with Gasteiger partial charge in [0, 0.05) is 49.4 Å². The number of hydrogen-bond acceptors (Lipinski definition) is 5. The molecule has 3 unspecified atom stereocenters. The average molecular weight is 367 g/mol. The van der Waals surface area contributed by atoms with Crippen molar-refractivity contribution in [2.75, 3.05) is 13.1 Å². The lowest BCUT2D eigenvalue weighted by Gasteiger charge is -2.33. The summed E-state index contributed by atoms with van der Waals surface area (Å²) < 4.78 is 8.24. The molecule has 3 heterocycles. The third-order valence-corrected chi connectivity index (χ3v) is 5.47. The van der Waals surface area contributed by atoms with Gasteiger partial charge in [-0.25, -0.2) is 10.4 Å². The van der Waals surface area contributed by atoms with Gasteiger partial charge in [-0.15, -0.1) is 0 Å². The van der Waals surface area contributed by atoms with E-state index in [1.165, 1.54) is 0 Å². The number of fused-ring (bicyclic) bond motifs is 1. The highest BCUT2D eigenvalue weighted by Gasteiger charge is 2.33. The lowest BCUT2D eigenvalue weighted by molar-refractivity contribution is 0.227. The molecule has 1 aliphatic heterocycles. The Labute approximate surface area is 160 Å². The number of para-hydroxylation sites is 1. The van der Waals surface area contributed by atoms with Crippen LogP contribution in [0.15, 0.2) is 53.5 Å². The number of rotatable bonds is 6. The van der Waals surface area contributed by atoms with Crippen LogP contribution >= 0.6 is 0 Å². The second kappa shape index (κ2) is 7.46. The SMILES string of the molecule is CC(C)(C)C(Cn1ccnc1)NCC1CNNC1c1cc2ccccc2o1. The zero-order valence-corrected chi connectivity index (χ0v) is 16.3. The lowest BCUT2D eigenvalue weighted by atomic mass is 9.86. The van der Waals surface area contributed by atoms with E-state index in [2.05, 4.69) is 58.6 Å². The summed E-state index contributed by atoms with van der Waals surface area (Å²) in [7, 11) is 0. The van der Waals surface area contributed by atoms with E-state index in [1.54, 1.807) is 0 Å². The molecule has 1 fully saturated rings. The van der Waals surface area contributed by atoms with Crippen molar-refractivity contribution in [2.45, 2.75) is 39.4 Å². The third-order valence-electron chi connectivity index (χ3n) is 5.47. The number of hydrogen-bond donors (Lipinski definition) is 3. The van der Waals surface area contributed by atoms with Crippen molar-refractivity contribution in [3.05, 3.63) is 54.8 Å². The van der Waals surface area contributed by atoms with Crippen LogP contribution in [0, 0.1) is 11.3 Å². The van der Waals surface area contributed by atoms with E-state index in [9.17, 15) is 0 Å². The first-order chi connectivity index (χ1) is 13.0. The summed E-state index contributed by atoms with van der Waals surface area (Å²) in [5.41, 5.74) is 7.80. The minimum Gasteiger partial charge on any atom is -0.459 e. The Kier molecular flexibility index (Phi) is 5.04. The quantitative estimate of drug-likeness (QED) is 0.625. The molecular formula is C21H29N5O. The van der Waals surface area contributed by atoms with Gasteiger partial charge in [-0.05, 0) is 17.5 Å². The number of nitrogens with zero attached hydrogens (tertiary/aromatic N) is 2. The molecule has 27 heavy (non-hydrogen) atoms. The molecule has 1 aliphatic rings. The van der Waals surface area contributed by atoms with E-state index in [4.69, 9.17) is 4.42 Å². The van der Waals surface area contributed by atoms with Crippen molar-refractivity contribution in [3.8, 4) is 0 Å². The molecule has 144 valence electrons. The molecule has 3 N–H and O–H groups in total. The van der Waals surface area contributed by atoms with Crippen LogP contribution in [0.2, 0.25) is 0 Å². The van der Waals surface area contributed by atoms with Crippen molar-refractivity contribution in [1.82, 2.24) is 25.7 Å². The molecule has 0 amide bonds. The van der Waals surface area contributed by atoms with Gasteiger partial charge in [-0.1, -0.05) is 39.0 Å². The number of imidazole rings is 1. The summed E-state index contributed by atoms with van der Waals surface area (Å²) in [5, 5.41) is 4.96. The van der Waals surface area contributed by atoms with E-state index in [-0.39, 0.29) is 11.5 Å². The Morgan fingerprint density at radius 1 is 1.33 bits per heavy atom. The number of furan rings is 1. The fraction of sp³-hybridized carbons (Fsp3) is 0.476. The molecule has 4 rings (SSSR count). The zero-order valence-electron chi connectivity index (χ0n) is 16.3. The summed E-state index contributed by atoms with van der Waals surface area (Å²) in [6.07, 6.45) is 5.74. The number of nitrogens with one attached hydrogen (secondary N) is 3. The molecule has 1 aromatic carbocycles. The third kappa shape index (κ3) is 4.08. The summed E-state index contributed by atoms with van der Waals surface area (Å²) in [5.74, 6) is 1.41. The summed E-state index contributed by atoms with van der Waals surface area (Å²) in [6, 6.07) is 10.8. The number of benzene rings is 1. The number of hydrazine groups is 1. The molecule has 0 radical (unpaired) electrons. The maximum absolute atomic E-state index is 6.10. The van der Waals surface area contributed by atoms with Crippen molar-refractivity contribution < 1.29 is 4.42 Å². The van der Waals surface area contributed by atoms with Gasteiger partial charge in [0.25, 0.3) is 0 Å². The Bertz CT molecular complexity index is 831. The maximum Gasteiger partial charge on any atom is 0.134 e. The molecule has 3 atom stereocenters. The van der Waals surface area contributed by atoms with E-state index >= 15 is 0 Å². The first-order valence-electron chi connectivity index (χ1n) is 9.67. The first kappa shape index (κ1) is 18.2.